The minimum Gasteiger partial charge on any atom is -0.349 e. The lowest BCUT2D eigenvalue weighted by molar-refractivity contribution is -0.0371. The van der Waals surface area contributed by atoms with Gasteiger partial charge in [-0.1, -0.05) is 0 Å². The number of rotatable bonds is 5. The lowest BCUT2D eigenvalue weighted by atomic mass is 10.2. The summed E-state index contributed by atoms with van der Waals surface area (Å²) in [7, 11) is -3.64. The zero-order chi connectivity index (χ0) is 17.6. The second kappa shape index (κ2) is 8.43. The fraction of sp³-hybridized carbons (Fsp3) is 0.600. The van der Waals surface area contributed by atoms with E-state index in [1.165, 1.54) is 0 Å². The molecule has 0 aromatic carbocycles. The van der Waals surface area contributed by atoms with Crippen molar-refractivity contribution in [3.8, 4) is 0 Å². The Morgan fingerprint density at radius 1 is 1.61 bits per heavy atom. The van der Waals surface area contributed by atoms with Crippen molar-refractivity contribution < 1.29 is 27.5 Å². The molecule has 1 fully saturated rings. The largest absolute Gasteiger partial charge is 0.416 e. The number of nitrogens with zero attached hydrogens (tertiary/aromatic N) is 1. The first kappa shape index (κ1) is 19.6. The van der Waals surface area contributed by atoms with E-state index in [4.69, 9.17) is 15.5 Å². The molecule has 1 aromatic heterocycles. The third-order valence-corrected chi connectivity index (χ3v) is 3.68. The third-order valence-electron chi connectivity index (χ3n) is 2.85. The van der Waals surface area contributed by atoms with Crippen molar-refractivity contribution in [3.05, 3.63) is 33.1 Å². The number of aromatic amines is 1. The van der Waals surface area contributed by atoms with Crippen LogP contribution in [0.1, 0.15) is 12.6 Å². The highest BCUT2D eigenvalue weighted by molar-refractivity contribution is 7.50. The van der Waals surface area contributed by atoms with Gasteiger partial charge in [0.05, 0.1) is 19.9 Å². The molecule has 0 radical (unpaired) electrons. The summed E-state index contributed by atoms with van der Waals surface area (Å²) in [5.74, 6) is 4.79. The molecule has 2 rings (SSSR count). The SMILES string of the molecule is CF.NNP(=O)(O)OCC1CC(F)C(n2ccc(=O)[nH]c2=O)O1. The number of ether oxygens (including phenoxy) is 1. The van der Waals surface area contributed by atoms with E-state index >= 15 is 0 Å². The van der Waals surface area contributed by atoms with Crippen LogP contribution in [-0.4, -0.2) is 40.5 Å². The van der Waals surface area contributed by atoms with Crippen LogP contribution in [-0.2, 0) is 13.8 Å². The molecule has 10 nitrogen and oxygen atoms in total. The van der Waals surface area contributed by atoms with E-state index in [2.05, 4.69) is 4.52 Å². The molecule has 1 aromatic rings. The average molecular weight is 358 g/mol. The monoisotopic (exact) mass is 358 g/mol. The highest BCUT2D eigenvalue weighted by Crippen LogP contribution is 2.37. The molecule has 0 bridgehead atoms. The van der Waals surface area contributed by atoms with E-state index < -0.39 is 37.5 Å². The van der Waals surface area contributed by atoms with Crippen molar-refractivity contribution in [3.63, 3.8) is 0 Å². The molecule has 0 spiro atoms. The van der Waals surface area contributed by atoms with Gasteiger partial charge in [-0.3, -0.25) is 29.1 Å². The number of nitrogens with one attached hydrogen (secondary N) is 2. The second-order valence-electron chi connectivity index (χ2n) is 4.36. The molecular formula is C10H17F2N4O6P. The summed E-state index contributed by atoms with van der Waals surface area (Å²) in [5, 5.41) is 1.58. The summed E-state index contributed by atoms with van der Waals surface area (Å²) in [6, 6.07) is 1.06. The van der Waals surface area contributed by atoms with Gasteiger partial charge >= 0.3 is 13.4 Å². The third kappa shape index (κ3) is 5.30. The molecular weight excluding hydrogens is 341 g/mol. The normalized spacial score (nSPS) is 26.2. The summed E-state index contributed by atoms with van der Waals surface area (Å²) in [5.41, 5.74) is -1.42. The molecule has 1 aliphatic heterocycles. The van der Waals surface area contributed by atoms with Crippen LogP contribution >= 0.6 is 7.75 Å². The second-order valence-corrected chi connectivity index (χ2v) is 5.92. The lowest BCUT2D eigenvalue weighted by Crippen LogP contribution is -2.34. The van der Waals surface area contributed by atoms with Crippen LogP contribution in [0.4, 0.5) is 8.78 Å². The number of halogens is 2. The molecule has 4 atom stereocenters. The van der Waals surface area contributed by atoms with Gasteiger partial charge in [0.15, 0.2) is 6.23 Å². The molecule has 13 heteroatoms. The van der Waals surface area contributed by atoms with Crippen molar-refractivity contribution in [1.82, 2.24) is 14.7 Å². The predicted molar refractivity (Wildman–Crippen MR) is 74.9 cm³/mol. The van der Waals surface area contributed by atoms with Gasteiger partial charge in [-0.05, 0) is 0 Å². The molecule has 0 aliphatic carbocycles. The average Bonchev–Trinajstić information content (AvgIpc) is 2.88. The molecule has 23 heavy (non-hydrogen) atoms. The minimum atomic E-state index is -4.14. The van der Waals surface area contributed by atoms with Gasteiger partial charge < -0.3 is 9.63 Å². The molecule has 1 saturated heterocycles. The number of aromatic nitrogens is 2. The summed E-state index contributed by atoms with van der Waals surface area (Å²) in [6.45, 7) is -0.382. The Labute approximate surface area is 128 Å². The molecule has 132 valence electrons. The van der Waals surface area contributed by atoms with E-state index in [-0.39, 0.29) is 13.0 Å². The number of hydrazine groups is 1. The Morgan fingerprint density at radius 2 is 2.26 bits per heavy atom. The van der Waals surface area contributed by atoms with Gasteiger partial charge in [0, 0.05) is 18.7 Å². The number of hydrogen-bond acceptors (Lipinski definition) is 6. The standard InChI is InChI=1S/C9H14FN4O6P.CH3F/c10-6-3-5(4-19-21(17,18)13-11)20-8(6)14-2-1-7(15)12-9(14)16;1-2/h1-2,5-6,8H,3-4,11H2,(H,12,15,16)(H2,13,17,18);1H3. The number of hydrogen-bond donors (Lipinski definition) is 4. The van der Waals surface area contributed by atoms with E-state index in [0.29, 0.717) is 7.18 Å². The fourth-order valence-corrected chi connectivity index (χ4v) is 2.34. The first-order chi connectivity index (χ1) is 10.8. The van der Waals surface area contributed by atoms with Crippen molar-refractivity contribution in [1.29, 1.82) is 0 Å². The van der Waals surface area contributed by atoms with Crippen molar-refractivity contribution in [2.24, 2.45) is 5.84 Å². The van der Waals surface area contributed by atoms with Crippen molar-refractivity contribution in [2.45, 2.75) is 24.9 Å². The summed E-state index contributed by atoms with van der Waals surface area (Å²) >= 11 is 0. The summed E-state index contributed by atoms with van der Waals surface area (Å²) in [4.78, 5) is 33.5. The van der Waals surface area contributed by atoms with Crippen LogP contribution in [0.5, 0.6) is 0 Å². The molecule has 0 amide bonds. The number of alkyl halides is 2. The van der Waals surface area contributed by atoms with E-state index in [9.17, 15) is 22.9 Å². The summed E-state index contributed by atoms with van der Waals surface area (Å²) < 4.78 is 45.3. The van der Waals surface area contributed by atoms with E-state index in [0.717, 1.165) is 16.8 Å². The van der Waals surface area contributed by atoms with Crippen molar-refractivity contribution >= 4 is 7.75 Å². The number of H-pyrrole nitrogens is 1. The highest BCUT2D eigenvalue weighted by Gasteiger charge is 2.38. The van der Waals surface area contributed by atoms with Gasteiger partial charge in [-0.2, -0.15) is 5.20 Å². The van der Waals surface area contributed by atoms with Crippen molar-refractivity contribution in [2.75, 3.05) is 13.8 Å². The van der Waals surface area contributed by atoms with Gasteiger partial charge in [-0.25, -0.2) is 13.8 Å². The minimum absolute atomic E-state index is 0.138. The Kier molecular flexibility index (Phi) is 7.19. The Bertz CT molecular complexity index is 667. The molecule has 2 heterocycles. The van der Waals surface area contributed by atoms with Gasteiger partial charge in [-0.15, -0.1) is 0 Å². The van der Waals surface area contributed by atoms with Crippen LogP contribution in [0, 0.1) is 0 Å². The van der Waals surface area contributed by atoms with Crippen LogP contribution in [0.3, 0.4) is 0 Å². The maximum atomic E-state index is 13.9. The van der Waals surface area contributed by atoms with Crippen LogP contribution in [0.25, 0.3) is 0 Å². The zero-order valence-corrected chi connectivity index (χ0v) is 12.9. The molecule has 4 unspecified atom stereocenters. The maximum Gasteiger partial charge on any atom is 0.416 e. The van der Waals surface area contributed by atoms with Gasteiger partial charge in [0.1, 0.15) is 6.17 Å². The van der Waals surface area contributed by atoms with Gasteiger partial charge in [0.2, 0.25) is 0 Å². The number of nitrogens with two attached hydrogens (primary N) is 1. The summed E-state index contributed by atoms with van der Waals surface area (Å²) in [6.07, 6.45) is -2.64. The van der Waals surface area contributed by atoms with Gasteiger partial charge in [0.25, 0.3) is 5.56 Å². The lowest BCUT2D eigenvalue weighted by Gasteiger charge is -2.17. The highest BCUT2D eigenvalue weighted by atomic mass is 31.2. The predicted octanol–water partition coefficient (Wildman–Crippen LogP) is -0.672. The van der Waals surface area contributed by atoms with Crippen LogP contribution in [0.2, 0.25) is 0 Å². The van der Waals surface area contributed by atoms with Crippen LogP contribution in [0.15, 0.2) is 21.9 Å². The maximum absolute atomic E-state index is 13.9. The Hall–Kier alpha value is -1.43. The molecule has 1 aliphatic rings. The first-order valence-electron chi connectivity index (χ1n) is 6.26. The topological polar surface area (TPSA) is 149 Å². The van der Waals surface area contributed by atoms with E-state index in [1.54, 1.807) is 5.20 Å². The first-order valence-corrected chi connectivity index (χ1v) is 7.84. The van der Waals surface area contributed by atoms with Crippen LogP contribution < -0.4 is 22.3 Å². The smallest absolute Gasteiger partial charge is 0.349 e. The van der Waals surface area contributed by atoms with E-state index in [1.807, 2.05) is 4.98 Å². The molecule has 0 saturated carbocycles. The zero-order valence-electron chi connectivity index (χ0n) is 12.0. The molecule has 5 N–H and O–H groups in total. The fourth-order valence-electron chi connectivity index (χ4n) is 1.90. The quantitative estimate of drug-likeness (QED) is 0.308. The Morgan fingerprint density at radius 3 is 2.83 bits per heavy atom. The Balaban J connectivity index is 0.00000127.